The first-order valence-corrected chi connectivity index (χ1v) is 9.97. The van der Waals surface area contributed by atoms with E-state index in [1.807, 2.05) is 5.38 Å². The number of carbonyl (C=O) groups excluding carboxylic acids is 1. The number of anilines is 1. The van der Waals surface area contributed by atoms with E-state index in [0.717, 1.165) is 25.3 Å². The highest BCUT2D eigenvalue weighted by Crippen LogP contribution is 2.18. The topological polar surface area (TPSA) is 83.4 Å². The summed E-state index contributed by atoms with van der Waals surface area (Å²) in [5, 5.41) is 9.77. The third kappa shape index (κ3) is 5.14. The van der Waals surface area contributed by atoms with Crippen LogP contribution >= 0.6 is 11.3 Å². The van der Waals surface area contributed by atoms with Crippen molar-refractivity contribution >= 4 is 22.5 Å². The van der Waals surface area contributed by atoms with Gasteiger partial charge in [-0.05, 0) is 6.07 Å². The van der Waals surface area contributed by atoms with Crippen LogP contribution in [-0.4, -0.2) is 63.3 Å². The van der Waals surface area contributed by atoms with Gasteiger partial charge in [-0.25, -0.2) is 14.5 Å². The molecule has 146 valence electrons. The van der Waals surface area contributed by atoms with Gasteiger partial charge in [-0.1, -0.05) is 20.8 Å². The number of aromatic nitrogens is 3. The van der Waals surface area contributed by atoms with Crippen molar-refractivity contribution in [2.24, 2.45) is 0 Å². The van der Waals surface area contributed by atoms with Gasteiger partial charge < -0.3 is 4.90 Å². The first-order valence-electron chi connectivity index (χ1n) is 9.09. The molecule has 0 unspecified atom stereocenters. The first kappa shape index (κ1) is 19.5. The molecule has 2 aromatic heterocycles. The molecule has 0 aromatic carbocycles. The molecule has 27 heavy (non-hydrogen) atoms. The van der Waals surface area contributed by atoms with Crippen LogP contribution < -0.4 is 10.9 Å². The molecule has 8 nitrogen and oxygen atoms in total. The SMILES string of the molecule is CC(C)(C)c1ccc(=O)n(CCN2CCN(C(=O)Nc3nccs3)CC2)n1. The zero-order valence-electron chi connectivity index (χ0n) is 16.0. The Morgan fingerprint density at radius 3 is 2.56 bits per heavy atom. The van der Waals surface area contributed by atoms with E-state index in [4.69, 9.17) is 0 Å². The molecule has 2 aromatic rings. The molecule has 0 aliphatic carbocycles. The summed E-state index contributed by atoms with van der Waals surface area (Å²) in [6, 6.07) is 3.29. The standard InChI is InChI=1S/C18H26N6O2S/c1-18(2,3)14-4-5-15(25)24(21-14)12-9-22-7-10-23(11-8-22)17(26)20-16-19-6-13-27-16/h4-6,13H,7-12H2,1-3H3,(H,19,20,26). The highest BCUT2D eigenvalue weighted by molar-refractivity contribution is 7.13. The maximum atomic E-state index is 12.2. The second-order valence-corrected chi connectivity index (χ2v) is 8.52. The van der Waals surface area contributed by atoms with Crippen LogP contribution in [0.25, 0.3) is 0 Å². The highest BCUT2D eigenvalue weighted by atomic mass is 32.1. The van der Waals surface area contributed by atoms with E-state index in [-0.39, 0.29) is 17.0 Å². The van der Waals surface area contributed by atoms with E-state index in [0.29, 0.717) is 24.8 Å². The molecule has 0 radical (unpaired) electrons. The maximum absolute atomic E-state index is 12.2. The monoisotopic (exact) mass is 390 g/mol. The lowest BCUT2D eigenvalue weighted by Gasteiger charge is -2.34. The van der Waals surface area contributed by atoms with Gasteiger partial charge >= 0.3 is 6.03 Å². The second kappa shape index (κ2) is 8.18. The van der Waals surface area contributed by atoms with Gasteiger partial charge in [0, 0.05) is 55.8 Å². The Morgan fingerprint density at radius 1 is 1.19 bits per heavy atom. The number of hydrogen-bond acceptors (Lipinski definition) is 6. The molecule has 1 N–H and O–H groups in total. The third-order valence-corrected chi connectivity index (χ3v) is 5.26. The molecule has 1 aliphatic rings. The fraction of sp³-hybridized carbons (Fsp3) is 0.556. The largest absolute Gasteiger partial charge is 0.323 e. The summed E-state index contributed by atoms with van der Waals surface area (Å²) in [4.78, 5) is 32.4. The van der Waals surface area contributed by atoms with Gasteiger partial charge in [0.1, 0.15) is 0 Å². The molecule has 1 aliphatic heterocycles. The molecule has 9 heteroatoms. The van der Waals surface area contributed by atoms with Crippen molar-refractivity contribution in [3.05, 3.63) is 39.8 Å². The number of amides is 2. The average Bonchev–Trinajstić information content (AvgIpc) is 3.13. The normalized spacial score (nSPS) is 15.7. The van der Waals surface area contributed by atoms with Crippen molar-refractivity contribution in [2.75, 3.05) is 38.0 Å². The zero-order chi connectivity index (χ0) is 19.4. The minimum Gasteiger partial charge on any atom is -0.322 e. The van der Waals surface area contributed by atoms with Crippen LogP contribution in [0, 0.1) is 0 Å². The predicted molar refractivity (Wildman–Crippen MR) is 106 cm³/mol. The van der Waals surface area contributed by atoms with E-state index in [2.05, 4.69) is 41.1 Å². The van der Waals surface area contributed by atoms with Crippen LogP contribution in [0.2, 0.25) is 0 Å². The van der Waals surface area contributed by atoms with E-state index < -0.39 is 0 Å². The van der Waals surface area contributed by atoms with Crippen LogP contribution in [0.3, 0.4) is 0 Å². The number of hydrogen-bond donors (Lipinski definition) is 1. The van der Waals surface area contributed by atoms with Crippen molar-refractivity contribution in [3.8, 4) is 0 Å². The molecule has 1 fully saturated rings. The lowest BCUT2D eigenvalue weighted by Crippen LogP contribution is -2.50. The number of nitrogens with one attached hydrogen (secondary N) is 1. The fourth-order valence-corrected chi connectivity index (χ4v) is 3.39. The van der Waals surface area contributed by atoms with Gasteiger partial charge in [-0.15, -0.1) is 11.3 Å². The van der Waals surface area contributed by atoms with Crippen molar-refractivity contribution in [1.29, 1.82) is 0 Å². The number of piperazine rings is 1. The van der Waals surface area contributed by atoms with E-state index in [1.165, 1.54) is 11.3 Å². The number of thiazole rings is 1. The van der Waals surface area contributed by atoms with Crippen molar-refractivity contribution < 1.29 is 4.79 Å². The predicted octanol–water partition coefficient (Wildman–Crippen LogP) is 1.85. The van der Waals surface area contributed by atoms with Gasteiger partial charge in [0.2, 0.25) is 0 Å². The lowest BCUT2D eigenvalue weighted by atomic mass is 9.92. The molecule has 1 saturated heterocycles. The molecule has 3 rings (SSSR count). The van der Waals surface area contributed by atoms with Crippen molar-refractivity contribution in [2.45, 2.75) is 32.7 Å². The lowest BCUT2D eigenvalue weighted by molar-refractivity contribution is 0.143. The summed E-state index contributed by atoms with van der Waals surface area (Å²) in [7, 11) is 0. The fourth-order valence-electron chi connectivity index (χ4n) is 2.88. The summed E-state index contributed by atoms with van der Waals surface area (Å²) >= 11 is 1.41. The van der Waals surface area contributed by atoms with Gasteiger partial charge in [-0.2, -0.15) is 5.10 Å². The Labute approximate surface area is 162 Å². The number of carbonyl (C=O) groups is 1. The summed E-state index contributed by atoms with van der Waals surface area (Å²) in [6.45, 7) is 10.4. The number of nitrogens with zero attached hydrogens (tertiary/aromatic N) is 5. The van der Waals surface area contributed by atoms with Crippen molar-refractivity contribution in [1.82, 2.24) is 24.6 Å². The maximum Gasteiger partial charge on any atom is 0.323 e. The van der Waals surface area contributed by atoms with E-state index >= 15 is 0 Å². The zero-order valence-corrected chi connectivity index (χ0v) is 16.8. The Bertz CT molecular complexity index is 819. The Balaban J connectivity index is 1.50. The van der Waals surface area contributed by atoms with Crippen molar-refractivity contribution in [3.63, 3.8) is 0 Å². The van der Waals surface area contributed by atoms with Crippen LogP contribution in [-0.2, 0) is 12.0 Å². The summed E-state index contributed by atoms with van der Waals surface area (Å²) in [5.74, 6) is 0. The Morgan fingerprint density at radius 2 is 1.93 bits per heavy atom. The van der Waals surface area contributed by atoms with Gasteiger partial charge in [-0.3, -0.25) is 15.0 Å². The molecule has 0 saturated carbocycles. The van der Waals surface area contributed by atoms with Crippen LogP contribution in [0.1, 0.15) is 26.5 Å². The number of rotatable bonds is 4. The molecule has 0 bridgehead atoms. The van der Waals surface area contributed by atoms with Crippen LogP contribution in [0.5, 0.6) is 0 Å². The average molecular weight is 391 g/mol. The summed E-state index contributed by atoms with van der Waals surface area (Å²) < 4.78 is 1.54. The summed E-state index contributed by atoms with van der Waals surface area (Å²) in [6.07, 6.45) is 1.67. The molecule has 0 atom stereocenters. The van der Waals surface area contributed by atoms with Gasteiger partial charge in [0.15, 0.2) is 5.13 Å². The molecule has 2 amide bonds. The first-order chi connectivity index (χ1) is 12.8. The summed E-state index contributed by atoms with van der Waals surface area (Å²) in [5.41, 5.74) is 0.738. The molecular formula is C18H26N6O2S. The smallest absolute Gasteiger partial charge is 0.322 e. The Kier molecular flexibility index (Phi) is 5.91. The van der Waals surface area contributed by atoms with Crippen LogP contribution in [0.4, 0.5) is 9.93 Å². The highest BCUT2D eigenvalue weighted by Gasteiger charge is 2.22. The minimum absolute atomic E-state index is 0.0792. The van der Waals surface area contributed by atoms with Crippen LogP contribution in [0.15, 0.2) is 28.5 Å². The second-order valence-electron chi connectivity index (χ2n) is 7.63. The molecular weight excluding hydrogens is 364 g/mol. The van der Waals surface area contributed by atoms with E-state index in [9.17, 15) is 9.59 Å². The van der Waals surface area contributed by atoms with E-state index in [1.54, 1.807) is 27.9 Å². The minimum atomic E-state index is -0.111. The van der Waals surface area contributed by atoms with Gasteiger partial charge in [0.05, 0.1) is 12.2 Å². The van der Waals surface area contributed by atoms with Gasteiger partial charge in [0.25, 0.3) is 5.56 Å². The molecule has 3 heterocycles. The third-order valence-electron chi connectivity index (χ3n) is 4.57. The quantitative estimate of drug-likeness (QED) is 0.861. The molecule has 0 spiro atoms. The number of urea groups is 1. The Hall–Kier alpha value is -2.26.